The first-order valence-electron chi connectivity index (χ1n) is 14.3. The molecule has 0 aliphatic carbocycles. The van der Waals surface area contributed by atoms with Crippen LogP contribution in [0.3, 0.4) is 0 Å². The van der Waals surface area contributed by atoms with Crippen molar-refractivity contribution in [1.82, 2.24) is 35.2 Å². The van der Waals surface area contributed by atoms with Gasteiger partial charge in [0, 0.05) is 50.2 Å². The molecule has 0 radical (unpaired) electrons. The van der Waals surface area contributed by atoms with Gasteiger partial charge in [0.25, 0.3) is 5.91 Å². The lowest BCUT2D eigenvalue weighted by molar-refractivity contribution is 0.0947. The molecule has 1 atom stereocenters. The number of ether oxygens (including phenoxy) is 1. The largest absolute Gasteiger partial charge is 0.491 e. The maximum Gasteiger partial charge on any atom is 0.271 e. The highest BCUT2D eigenvalue weighted by Gasteiger charge is 2.15. The molecule has 4 N–H and O–H groups in total. The Kier molecular flexibility index (Phi) is 10.7. The van der Waals surface area contributed by atoms with Crippen LogP contribution >= 0.6 is 0 Å². The number of fused-ring (bicyclic) bond motifs is 1. The van der Waals surface area contributed by atoms with E-state index in [0.717, 1.165) is 60.2 Å². The molecule has 11 heteroatoms. The van der Waals surface area contributed by atoms with E-state index in [1.165, 1.54) is 0 Å². The third kappa shape index (κ3) is 8.27. The summed E-state index contributed by atoms with van der Waals surface area (Å²) in [4.78, 5) is 17.1. The zero-order valence-corrected chi connectivity index (χ0v) is 24.4. The second-order valence-corrected chi connectivity index (χ2v) is 10.5. The van der Waals surface area contributed by atoms with Crippen LogP contribution in [0.15, 0.2) is 48.8 Å². The number of aromatic nitrogens is 5. The number of aliphatic hydroxyl groups excluding tert-OH is 1. The van der Waals surface area contributed by atoms with E-state index in [4.69, 9.17) is 9.72 Å². The van der Waals surface area contributed by atoms with Crippen LogP contribution < -0.4 is 20.7 Å². The van der Waals surface area contributed by atoms with Gasteiger partial charge in [0.05, 0.1) is 17.3 Å². The highest BCUT2D eigenvalue weighted by Crippen LogP contribution is 2.31. The Hall–Kier alpha value is -3.96. The van der Waals surface area contributed by atoms with Crippen LogP contribution in [0.5, 0.6) is 5.75 Å². The van der Waals surface area contributed by atoms with Gasteiger partial charge in [0.1, 0.15) is 24.2 Å². The zero-order valence-electron chi connectivity index (χ0n) is 24.4. The van der Waals surface area contributed by atoms with Gasteiger partial charge in [-0.15, -0.1) is 0 Å². The molecule has 41 heavy (non-hydrogen) atoms. The summed E-state index contributed by atoms with van der Waals surface area (Å²) in [6.45, 7) is 6.32. The van der Waals surface area contributed by atoms with Gasteiger partial charge in [-0.3, -0.25) is 9.48 Å². The van der Waals surface area contributed by atoms with Crippen LogP contribution in [-0.4, -0.2) is 75.0 Å². The number of rotatable bonds is 16. The number of likely N-dealkylation sites (N-methyl/N-ethyl adjacent to an activating group) is 1. The summed E-state index contributed by atoms with van der Waals surface area (Å²) in [6, 6.07) is 11.7. The molecule has 0 bridgehead atoms. The SMILES string of the molecule is CNCC(O)COc1cccc(-c2cc(NCCCCCCNC(=O)c3ccn(C)n3)c3cnn(C(C)C)c3n2)c1. The fourth-order valence-electron chi connectivity index (χ4n) is 4.58. The van der Waals surface area contributed by atoms with Crippen molar-refractivity contribution in [1.29, 1.82) is 0 Å². The number of benzene rings is 1. The van der Waals surface area contributed by atoms with Crippen molar-refractivity contribution in [2.24, 2.45) is 7.05 Å². The average molecular weight is 563 g/mol. The second kappa shape index (κ2) is 14.6. The zero-order chi connectivity index (χ0) is 29.2. The number of aliphatic hydroxyl groups is 1. The Bertz CT molecular complexity index is 1410. The van der Waals surface area contributed by atoms with E-state index in [1.807, 2.05) is 35.1 Å². The molecule has 0 spiro atoms. The van der Waals surface area contributed by atoms with E-state index in [-0.39, 0.29) is 18.6 Å². The standard InChI is InChI=1S/C30H42N8O3/c1-21(2)38-29-25(19-34-38)28(32-13-7-5-6-8-14-33-30(40)26-12-15-37(4)36-26)17-27(35-29)22-10-9-11-24(16-22)41-20-23(39)18-31-3/h9-12,15-17,19,21,23,31,39H,5-8,13-14,18,20H2,1-4H3,(H,32,35)(H,33,40). The van der Waals surface area contributed by atoms with Crippen molar-refractivity contribution in [2.45, 2.75) is 51.7 Å². The van der Waals surface area contributed by atoms with Crippen LogP contribution in [0.1, 0.15) is 56.1 Å². The lowest BCUT2D eigenvalue weighted by atomic mass is 10.1. The number of pyridine rings is 1. The summed E-state index contributed by atoms with van der Waals surface area (Å²) in [5.74, 6) is 0.554. The lowest BCUT2D eigenvalue weighted by Gasteiger charge is -2.14. The number of nitrogens with one attached hydrogen (secondary N) is 3. The number of aryl methyl sites for hydroxylation is 1. The van der Waals surface area contributed by atoms with E-state index in [0.29, 0.717) is 24.5 Å². The molecule has 0 aliphatic heterocycles. The van der Waals surface area contributed by atoms with Crippen LogP contribution in [0, 0.1) is 0 Å². The summed E-state index contributed by atoms with van der Waals surface area (Å²) < 4.78 is 9.39. The molecular formula is C30H42N8O3. The van der Waals surface area contributed by atoms with Crippen LogP contribution in [0.4, 0.5) is 5.69 Å². The van der Waals surface area contributed by atoms with E-state index >= 15 is 0 Å². The van der Waals surface area contributed by atoms with Gasteiger partial charge >= 0.3 is 0 Å². The Labute approximate surface area is 241 Å². The predicted octanol–water partition coefficient (Wildman–Crippen LogP) is 3.77. The number of anilines is 1. The molecule has 0 saturated heterocycles. The van der Waals surface area contributed by atoms with Crippen molar-refractivity contribution in [3.05, 3.63) is 54.5 Å². The average Bonchev–Trinajstić information content (AvgIpc) is 3.60. The van der Waals surface area contributed by atoms with Gasteiger partial charge in [0.2, 0.25) is 0 Å². The van der Waals surface area contributed by atoms with Crippen molar-refractivity contribution < 1.29 is 14.6 Å². The minimum Gasteiger partial charge on any atom is -0.491 e. The van der Waals surface area contributed by atoms with E-state index in [2.05, 4.69) is 46.1 Å². The molecule has 4 aromatic rings. The first-order valence-corrected chi connectivity index (χ1v) is 14.3. The highest BCUT2D eigenvalue weighted by atomic mass is 16.5. The van der Waals surface area contributed by atoms with Gasteiger partial charge in [-0.05, 0) is 58.0 Å². The van der Waals surface area contributed by atoms with Crippen molar-refractivity contribution in [2.75, 3.05) is 38.6 Å². The van der Waals surface area contributed by atoms with Gasteiger partial charge in [-0.25, -0.2) is 9.67 Å². The van der Waals surface area contributed by atoms with Crippen LogP contribution in [0.2, 0.25) is 0 Å². The molecule has 220 valence electrons. The molecule has 0 fully saturated rings. The predicted molar refractivity (Wildman–Crippen MR) is 161 cm³/mol. The summed E-state index contributed by atoms with van der Waals surface area (Å²) in [6.07, 6.45) is 7.07. The van der Waals surface area contributed by atoms with E-state index in [9.17, 15) is 9.90 Å². The van der Waals surface area contributed by atoms with Crippen LogP contribution in [0.25, 0.3) is 22.3 Å². The summed E-state index contributed by atoms with van der Waals surface area (Å²) in [7, 11) is 3.60. The molecule has 0 saturated carbocycles. The molecule has 1 aromatic carbocycles. The first-order chi connectivity index (χ1) is 19.9. The van der Waals surface area contributed by atoms with Crippen molar-refractivity contribution >= 4 is 22.6 Å². The molecule has 11 nitrogen and oxygen atoms in total. The molecule has 3 heterocycles. The van der Waals surface area contributed by atoms with Gasteiger partial charge in [-0.2, -0.15) is 10.2 Å². The number of hydrogen-bond donors (Lipinski definition) is 4. The Morgan fingerprint density at radius 2 is 1.90 bits per heavy atom. The number of nitrogens with zero attached hydrogens (tertiary/aromatic N) is 5. The summed E-state index contributed by atoms with van der Waals surface area (Å²) in [5.41, 5.74) is 4.03. The lowest BCUT2D eigenvalue weighted by Crippen LogP contribution is -2.29. The van der Waals surface area contributed by atoms with Gasteiger partial charge in [0.15, 0.2) is 5.65 Å². The maximum absolute atomic E-state index is 12.1. The van der Waals surface area contributed by atoms with E-state index in [1.54, 1.807) is 31.0 Å². The fraction of sp³-hybridized carbons (Fsp3) is 0.467. The first kappa shape index (κ1) is 30.0. The molecular weight excluding hydrogens is 520 g/mol. The van der Waals surface area contributed by atoms with Crippen LogP contribution in [-0.2, 0) is 7.05 Å². The van der Waals surface area contributed by atoms with Crippen molar-refractivity contribution in [3.63, 3.8) is 0 Å². The smallest absolute Gasteiger partial charge is 0.271 e. The highest BCUT2D eigenvalue weighted by molar-refractivity contribution is 5.92. The third-order valence-corrected chi connectivity index (χ3v) is 6.72. The molecule has 0 aliphatic rings. The number of unbranched alkanes of at least 4 members (excludes halogenated alkanes) is 3. The second-order valence-electron chi connectivity index (χ2n) is 10.5. The number of amides is 1. The van der Waals surface area contributed by atoms with E-state index < -0.39 is 6.10 Å². The van der Waals surface area contributed by atoms with Gasteiger partial charge in [-0.1, -0.05) is 25.0 Å². The Morgan fingerprint density at radius 1 is 1.10 bits per heavy atom. The number of hydrogen-bond acceptors (Lipinski definition) is 8. The Balaban J connectivity index is 1.35. The summed E-state index contributed by atoms with van der Waals surface area (Å²) >= 11 is 0. The minimum absolute atomic E-state index is 0.129. The fourth-order valence-corrected chi connectivity index (χ4v) is 4.58. The minimum atomic E-state index is -0.584. The topological polar surface area (TPSA) is 131 Å². The number of carbonyl (C=O) groups is 1. The number of carbonyl (C=O) groups excluding carboxylic acids is 1. The quantitative estimate of drug-likeness (QED) is 0.152. The van der Waals surface area contributed by atoms with Crippen molar-refractivity contribution in [3.8, 4) is 17.0 Å². The normalized spacial score (nSPS) is 12.1. The monoisotopic (exact) mass is 562 g/mol. The maximum atomic E-state index is 12.1. The van der Waals surface area contributed by atoms with Gasteiger partial charge < -0.3 is 25.8 Å². The molecule has 3 aromatic heterocycles. The third-order valence-electron chi connectivity index (χ3n) is 6.72. The molecule has 4 rings (SSSR count). The summed E-state index contributed by atoms with van der Waals surface area (Å²) in [5, 5.41) is 29.2. The molecule has 1 unspecified atom stereocenters. The molecule has 1 amide bonds. The Morgan fingerprint density at radius 3 is 2.63 bits per heavy atom.